The lowest BCUT2D eigenvalue weighted by molar-refractivity contribution is 0.0175. The molecule has 2 unspecified atom stereocenters. The molecule has 2 rings (SSSR count). The molecule has 2 aliphatic rings. The number of ether oxygens (including phenoxy) is 3. The number of hydrogen-bond acceptors (Lipinski definition) is 3. The number of methoxy groups -OCH3 is 1. The molecule has 3 nitrogen and oxygen atoms in total. The molecular formula is C14H25BrO3. The number of alkyl halides is 1. The quantitative estimate of drug-likeness (QED) is 0.457. The Kier molecular flexibility index (Phi) is 5.93. The van der Waals surface area contributed by atoms with Gasteiger partial charge in [-0.2, -0.15) is 0 Å². The lowest BCUT2D eigenvalue weighted by Crippen LogP contribution is -2.23. The zero-order chi connectivity index (χ0) is 12.8. The highest BCUT2D eigenvalue weighted by atomic mass is 79.9. The van der Waals surface area contributed by atoms with Crippen molar-refractivity contribution in [2.24, 2.45) is 17.3 Å². The SMILES string of the molecule is COCCOCCOCCC1(CBr)CC2CC2C1. The van der Waals surface area contributed by atoms with Crippen LogP contribution in [0.15, 0.2) is 0 Å². The van der Waals surface area contributed by atoms with Crippen molar-refractivity contribution in [3.05, 3.63) is 0 Å². The lowest BCUT2D eigenvalue weighted by Gasteiger charge is -2.28. The minimum absolute atomic E-state index is 0.532. The van der Waals surface area contributed by atoms with Crippen molar-refractivity contribution >= 4 is 15.9 Å². The van der Waals surface area contributed by atoms with Gasteiger partial charge in [0.25, 0.3) is 0 Å². The van der Waals surface area contributed by atoms with Crippen LogP contribution in [0.3, 0.4) is 0 Å². The molecule has 0 aliphatic heterocycles. The van der Waals surface area contributed by atoms with Crippen molar-refractivity contribution in [1.29, 1.82) is 0 Å². The molecule has 2 fully saturated rings. The van der Waals surface area contributed by atoms with Crippen LogP contribution < -0.4 is 0 Å². The molecule has 18 heavy (non-hydrogen) atoms. The maximum atomic E-state index is 5.67. The van der Waals surface area contributed by atoms with E-state index in [2.05, 4.69) is 15.9 Å². The third kappa shape index (κ3) is 4.19. The summed E-state index contributed by atoms with van der Waals surface area (Å²) in [5.41, 5.74) is 0.532. The third-order valence-corrected chi connectivity index (χ3v) is 5.51. The second-order valence-electron chi connectivity index (χ2n) is 5.77. The van der Waals surface area contributed by atoms with Crippen molar-refractivity contribution in [1.82, 2.24) is 0 Å². The normalized spacial score (nSPS) is 33.7. The largest absolute Gasteiger partial charge is 0.382 e. The minimum atomic E-state index is 0.532. The van der Waals surface area contributed by atoms with E-state index in [1.807, 2.05) is 0 Å². The Morgan fingerprint density at radius 3 is 2.22 bits per heavy atom. The zero-order valence-electron chi connectivity index (χ0n) is 11.3. The summed E-state index contributed by atoms with van der Waals surface area (Å²) >= 11 is 3.70. The van der Waals surface area contributed by atoms with Gasteiger partial charge in [-0.15, -0.1) is 0 Å². The Hall–Kier alpha value is 0.360. The summed E-state index contributed by atoms with van der Waals surface area (Å²) in [5.74, 6) is 2.08. The highest BCUT2D eigenvalue weighted by Gasteiger charge is 2.52. The monoisotopic (exact) mass is 320 g/mol. The molecule has 0 radical (unpaired) electrons. The number of halogens is 1. The van der Waals surface area contributed by atoms with Gasteiger partial charge >= 0.3 is 0 Å². The molecule has 0 aromatic heterocycles. The van der Waals surface area contributed by atoms with E-state index in [0.29, 0.717) is 31.8 Å². The van der Waals surface area contributed by atoms with E-state index in [4.69, 9.17) is 14.2 Å². The summed E-state index contributed by atoms with van der Waals surface area (Å²) in [6.07, 6.45) is 5.51. The molecule has 2 saturated carbocycles. The van der Waals surface area contributed by atoms with Crippen LogP contribution in [-0.2, 0) is 14.2 Å². The van der Waals surface area contributed by atoms with Crippen LogP contribution in [0.5, 0.6) is 0 Å². The Morgan fingerprint density at radius 1 is 1.00 bits per heavy atom. The van der Waals surface area contributed by atoms with Gasteiger partial charge in [-0.25, -0.2) is 0 Å². The summed E-state index contributed by atoms with van der Waals surface area (Å²) in [7, 11) is 1.69. The minimum Gasteiger partial charge on any atom is -0.382 e. The molecule has 0 aromatic rings. The maximum absolute atomic E-state index is 5.67. The van der Waals surface area contributed by atoms with Gasteiger partial charge in [0, 0.05) is 19.0 Å². The summed E-state index contributed by atoms with van der Waals surface area (Å²) in [4.78, 5) is 0. The second kappa shape index (κ2) is 7.22. The van der Waals surface area contributed by atoms with E-state index in [1.165, 1.54) is 25.7 Å². The molecule has 0 amide bonds. The van der Waals surface area contributed by atoms with Gasteiger partial charge in [-0.1, -0.05) is 15.9 Å². The summed E-state index contributed by atoms with van der Waals surface area (Å²) < 4.78 is 15.9. The predicted octanol–water partition coefficient (Wildman–Crippen LogP) is 2.87. The van der Waals surface area contributed by atoms with Crippen LogP contribution in [0.1, 0.15) is 25.7 Å². The van der Waals surface area contributed by atoms with Gasteiger partial charge in [0.05, 0.1) is 26.4 Å². The molecule has 0 heterocycles. The highest BCUT2D eigenvalue weighted by molar-refractivity contribution is 9.09. The van der Waals surface area contributed by atoms with Crippen molar-refractivity contribution in [2.45, 2.75) is 25.7 Å². The Balaban J connectivity index is 1.47. The van der Waals surface area contributed by atoms with Crippen molar-refractivity contribution in [2.75, 3.05) is 45.5 Å². The van der Waals surface area contributed by atoms with E-state index in [-0.39, 0.29) is 0 Å². The Morgan fingerprint density at radius 2 is 1.61 bits per heavy atom. The van der Waals surface area contributed by atoms with Gasteiger partial charge in [-0.05, 0) is 42.9 Å². The van der Waals surface area contributed by atoms with Crippen LogP contribution in [0.25, 0.3) is 0 Å². The molecule has 106 valence electrons. The third-order valence-electron chi connectivity index (χ3n) is 4.32. The molecule has 4 heteroatoms. The van der Waals surface area contributed by atoms with Crippen molar-refractivity contribution < 1.29 is 14.2 Å². The van der Waals surface area contributed by atoms with Gasteiger partial charge in [-0.3, -0.25) is 0 Å². The summed E-state index contributed by atoms with van der Waals surface area (Å²) in [6, 6.07) is 0. The molecule has 0 spiro atoms. The second-order valence-corrected chi connectivity index (χ2v) is 6.33. The van der Waals surface area contributed by atoms with Gasteiger partial charge in [0.15, 0.2) is 0 Å². The first kappa shape index (κ1) is 14.8. The van der Waals surface area contributed by atoms with Crippen LogP contribution in [0, 0.1) is 17.3 Å². The summed E-state index contributed by atoms with van der Waals surface area (Å²) in [5, 5.41) is 1.14. The average molecular weight is 321 g/mol. The fraction of sp³-hybridized carbons (Fsp3) is 1.00. The van der Waals surface area contributed by atoms with Crippen LogP contribution in [0.2, 0.25) is 0 Å². The molecule has 2 aliphatic carbocycles. The van der Waals surface area contributed by atoms with Gasteiger partial charge in [0.1, 0.15) is 0 Å². The Labute approximate surface area is 119 Å². The van der Waals surface area contributed by atoms with Gasteiger partial charge in [0.2, 0.25) is 0 Å². The van der Waals surface area contributed by atoms with Crippen LogP contribution in [-0.4, -0.2) is 45.5 Å². The molecule has 0 N–H and O–H groups in total. The lowest BCUT2D eigenvalue weighted by atomic mass is 9.82. The number of fused-ring (bicyclic) bond motifs is 1. The fourth-order valence-electron chi connectivity index (χ4n) is 3.14. The molecule has 0 aromatic carbocycles. The van der Waals surface area contributed by atoms with Crippen LogP contribution >= 0.6 is 15.9 Å². The maximum Gasteiger partial charge on any atom is 0.0701 e. The topological polar surface area (TPSA) is 27.7 Å². The van der Waals surface area contributed by atoms with E-state index >= 15 is 0 Å². The fourth-order valence-corrected chi connectivity index (χ4v) is 3.88. The first-order valence-electron chi connectivity index (χ1n) is 7.00. The Bertz CT molecular complexity index is 237. The molecule has 2 atom stereocenters. The zero-order valence-corrected chi connectivity index (χ0v) is 12.9. The summed E-state index contributed by atoms with van der Waals surface area (Å²) in [6.45, 7) is 3.58. The van der Waals surface area contributed by atoms with Crippen molar-refractivity contribution in [3.63, 3.8) is 0 Å². The molecule has 0 saturated heterocycles. The standard InChI is InChI=1S/C14H25BrO3/c1-16-4-5-18-7-6-17-3-2-14(11-15)9-12-8-13(12)10-14/h12-13H,2-11H2,1H3. The first-order valence-corrected chi connectivity index (χ1v) is 8.12. The highest BCUT2D eigenvalue weighted by Crippen LogP contribution is 2.61. The van der Waals surface area contributed by atoms with E-state index in [1.54, 1.807) is 7.11 Å². The molecular weight excluding hydrogens is 296 g/mol. The van der Waals surface area contributed by atoms with Crippen LogP contribution in [0.4, 0.5) is 0 Å². The van der Waals surface area contributed by atoms with E-state index < -0.39 is 0 Å². The average Bonchev–Trinajstić information content (AvgIpc) is 3.01. The smallest absolute Gasteiger partial charge is 0.0701 e. The van der Waals surface area contributed by atoms with E-state index in [0.717, 1.165) is 23.8 Å². The first-order chi connectivity index (χ1) is 8.79. The molecule has 0 bridgehead atoms. The number of hydrogen-bond donors (Lipinski definition) is 0. The predicted molar refractivity (Wildman–Crippen MR) is 75.2 cm³/mol. The van der Waals surface area contributed by atoms with Gasteiger partial charge < -0.3 is 14.2 Å². The van der Waals surface area contributed by atoms with Crippen molar-refractivity contribution in [3.8, 4) is 0 Å². The number of rotatable bonds is 10. The van der Waals surface area contributed by atoms with E-state index in [9.17, 15) is 0 Å².